The number of nitrogens with one attached hydrogen (secondary N) is 2. The average Bonchev–Trinajstić information content (AvgIpc) is 2.69. The Kier molecular flexibility index (Phi) is 10.8. The van der Waals surface area contributed by atoms with E-state index in [1.165, 1.54) is 6.08 Å². The molecule has 1 rings (SSSR count). The highest BCUT2D eigenvalue weighted by molar-refractivity contribution is 5.90. The van der Waals surface area contributed by atoms with Crippen LogP contribution in [-0.4, -0.2) is 35.1 Å². The first-order valence-corrected chi connectivity index (χ1v) is 10.3. The van der Waals surface area contributed by atoms with E-state index in [4.69, 9.17) is 9.94 Å². The van der Waals surface area contributed by atoms with Gasteiger partial charge in [0.05, 0.1) is 17.9 Å². The molecule has 1 aromatic carbocycles. The van der Waals surface area contributed by atoms with Gasteiger partial charge < -0.3 is 10.1 Å². The average molecular weight is 419 g/mol. The van der Waals surface area contributed by atoms with Gasteiger partial charge in [-0.15, -0.1) is 6.58 Å². The minimum Gasteiger partial charge on any atom is -0.461 e. The first-order chi connectivity index (χ1) is 14.2. The predicted molar refractivity (Wildman–Crippen MR) is 114 cm³/mol. The van der Waals surface area contributed by atoms with E-state index in [1.807, 2.05) is 44.2 Å². The molecule has 0 aliphatic carbocycles. The van der Waals surface area contributed by atoms with Crippen LogP contribution in [-0.2, 0) is 25.5 Å². The summed E-state index contributed by atoms with van der Waals surface area (Å²) >= 11 is 0. The molecule has 3 N–H and O–H groups in total. The van der Waals surface area contributed by atoms with Crippen LogP contribution in [0.25, 0.3) is 0 Å². The molecule has 0 saturated heterocycles. The second-order valence-electron chi connectivity index (χ2n) is 8.08. The van der Waals surface area contributed by atoms with Gasteiger partial charge in [0.1, 0.15) is 6.04 Å². The number of amides is 2. The minimum atomic E-state index is -0.890. The largest absolute Gasteiger partial charge is 0.461 e. The zero-order chi connectivity index (χ0) is 22.7. The number of hydrogen-bond donors (Lipinski definition) is 3. The molecule has 3 unspecified atom stereocenters. The molecule has 0 heterocycles. The van der Waals surface area contributed by atoms with Gasteiger partial charge >= 0.3 is 5.97 Å². The summed E-state index contributed by atoms with van der Waals surface area (Å²) in [5, 5.41) is 11.9. The van der Waals surface area contributed by atoms with Crippen LogP contribution in [0.5, 0.6) is 0 Å². The van der Waals surface area contributed by atoms with Gasteiger partial charge in [-0.05, 0) is 38.2 Å². The molecule has 0 aliphatic heterocycles. The van der Waals surface area contributed by atoms with Gasteiger partial charge in [-0.3, -0.25) is 14.8 Å². The number of esters is 1. The van der Waals surface area contributed by atoms with Crippen molar-refractivity contribution < 1.29 is 24.3 Å². The van der Waals surface area contributed by atoms with E-state index in [0.717, 1.165) is 5.56 Å². The van der Waals surface area contributed by atoms with E-state index in [0.29, 0.717) is 6.42 Å². The lowest BCUT2D eigenvalue weighted by Gasteiger charge is -2.28. The molecule has 30 heavy (non-hydrogen) atoms. The fourth-order valence-electron chi connectivity index (χ4n) is 3.31. The number of ether oxygens (including phenoxy) is 1. The molecule has 7 heteroatoms. The van der Waals surface area contributed by atoms with E-state index in [9.17, 15) is 14.4 Å². The zero-order valence-electron chi connectivity index (χ0n) is 18.3. The Hall–Kier alpha value is -2.67. The molecule has 0 fully saturated rings. The highest BCUT2D eigenvalue weighted by atomic mass is 16.5. The van der Waals surface area contributed by atoms with Gasteiger partial charge in [-0.1, -0.05) is 50.3 Å². The maximum atomic E-state index is 13.2. The van der Waals surface area contributed by atoms with Crippen LogP contribution < -0.4 is 10.8 Å². The molecule has 1 aromatic rings. The molecule has 7 nitrogen and oxygen atoms in total. The number of hydrogen-bond acceptors (Lipinski definition) is 5. The third kappa shape index (κ3) is 8.37. The number of rotatable bonds is 12. The Labute approximate surface area is 178 Å². The number of allylic oxidation sites excluding steroid dienone is 1. The van der Waals surface area contributed by atoms with Crippen LogP contribution >= 0.6 is 0 Å². The Bertz CT molecular complexity index is 703. The number of hydroxylamine groups is 1. The fraction of sp³-hybridized carbons (Fsp3) is 0.522. The van der Waals surface area contributed by atoms with Crippen molar-refractivity contribution >= 4 is 17.8 Å². The van der Waals surface area contributed by atoms with E-state index < -0.39 is 35.7 Å². The number of benzene rings is 1. The Morgan fingerprint density at radius 2 is 1.70 bits per heavy atom. The van der Waals surface area contributed by atoms with Crippen LogP contribution in [0.1, 0.15) is 46.1 Å². The summed E-state index contributed by atoms with van der Waals surface area (Å²) in [7, 11) is 0. The summed E-state index contributed by atoms with van der Waals surface area (Å²) in [6, 6.07) is 8.43. The summed E-state index contributed by atoms with van der Waals surface area (Å²) in [4.78, 5) is 38.0. The molecule has 3 atom stereocenters. The summed E-state index contributed by atoms with van der Waals surface area (Å²) in [5.74, 6) is -3.03. The molecular formula is C23H34N2O5. The molecule has 166 valence electrons. The Balaban J connectivity index is 3.13. The summed E-state index contributed by atoms with van der Waals surface area (Å²) in [6.45, 7) is 11.0. The second-order valence-corrected chi connectivity index (χ2v) is 8.08. The van der Waals surface area contributed by atoms with Crippen LogP contribution in [0.3, 0.4) is 0 Å². The van der Waals surface area contributed by atoms with Crippen LogP contribution in [0.2, 0.25) is 0 Å². The highest BCUT2D eigenvalue weighted by Gasteiger charge is 2.35. The zero-order valence-corrected chi connectivity index (χ0v) is 18.3. The first-order valence-electron chi connectivity index (χ1n) is 10.3. The van der Waals surface area contributed by atoms with Gasteiger partial charge in [0, 0.05) is 6.42 Å². The van der Waals surface area contributed by atoms with Crippen LogP contribution in [0.4, 0.5) is 0 Å². The predicted octanol–water partition coefficient (Wildman–Crippen LogP) is 3.03. The Morgan fingerprint density at radius 1 is 1.07 bits per heavy atom. The van der Waals surface area contributed by atoms with Crippen molar-refractivity contribution in [3.63, 3.8) is 0 Å². The van der Waals surface area contributed by atoms with Crippen LogP contribution in [0.15, 0.2) is 43.0 Å². The summed E-state index contributed by atoms with van der Waals surface area (Å²) < 4.78 is 5.33. The van der Waals surface area contributed by atoms with Crippen molar-refractivity contribution in [3.05, 3.63) is 48.6 Å². The summed E-state index contributed by atoms with van der Waals surface area (Å²) in [5.41, 5.74) is 2.52. The van der Waals surface area contributed by atoms with Crippen molar-refractivity contribution in [2.75, 3.05) is 0 Å². The standard InChI is InChI=1S/C23H34N2O5/c1-6-10-18(22(27)25-29)19(13-15(2)3)21(26)24-20(23(28)30-16(4)5)14-17-11-8-7-9-12-17/h6-9,11-12,15-16,18-20,29H,1,10,13-14H2,2-5H3,(H,24,26)(H,25,27). The van der Waals surface area contributed by atoms with Crippen molar-refractivity contribution in [2.24, 2.45) is 17.8 Å². The molecule has 0 aliphatic rings. The SMILES string of the molecule is C=CCC(C(=O)NO)C(CC(C)C)C(=O)NC(Cc1ccccc1)C(=O)OC(C)C. The normalized spacial score (nSPS) is 14.0. The molecule has 0 aromatic heterocycles. The quantitative estimate of drug-likeness (QED) is 0.209. The first kappa shape index (κ1) is 25.4. The van der Waals surface area contributed by atoms with E-state index in [1.54, 1.807) is 19.3 Å². The van der Waals surface area contributed by atoms with Crippen molar-refractivity contribution in [1.82, 2.24) is 10.8 Å². The van der Waals surface area contributed by atoms with Gasteiger partial charge in [0.25, 0.3) is 0 Å². The van der Waals surface area contributed by atoms with Gasteiger partial charge in [0.15, 0.2) is 0 Å². The summed E-state index contributed by atoms with van der Waals surface area (Å²) in [6.07, 6.45) is 2.11. The third-order valence-electron chi connectivity index (χ3n) is 4.65. The monoisotopic (exact) mass is 418 g/mol. The Morgan fingerprint density at radius 3 is 2.20 bits per heavy atom. The van der Waals surface area contributed by atoms with E-state index in [2.05, 4.69) is 11.9 Å². The lowest BCUT2D eigenvalue weighted by molar-refractivity contribution is -0.152. The third-order valence-corrected chi connectivity index (χ3v) is 4.65. The number of carbonyl (C=O) groups excluding carboxylic acids is 3. The highest BCUT2D eigenvalue weighted by Crippen LogP contribution is 2.25. The van der Waals surface area contributed by atoms with Gasteiger partial charge in [-0.25, -0.2) is 10.3 Å². The van der Waals surface area contributed by atoms with Crippen molar-refractivity contribution in [2.45, 2.75) is 59.1 Å². The molecule has 0 radical (unpaired) electrons. The fourth-order valence-corrected chi connectivity index (χ4v) is 3.31. The maximum absolute atomic E-state index is 13.2. The minimum absolute atomic E-state index is 0.120. The topological polar surface area (TPSA) is 105 Å². The van der Waals surface area contributed by atoms with Crippen LogP contribution in [0, 0.1) is 17.8 Å². The van der Waals surface area contributed by atoms with E-state index in [-0.39, 0.29) is 24.9 Å². The maximum Gasteiger partial charge on any atom is 0.329 e. The van der Waals surface area contributed by atoms with Gasteiger partial charge in [-0.2, -0.15) is 0 Å². The molecule has 0 spiro atoms. The van der Waals surface area contributed by atoms with Crippen molar-refractivity contribution in [1.29, 1.82) is 0 Å². The molecule has 2 amide bonds. The molecule has 0 bridgehead atoms. The second kappa shape index (κ2) is 12.8. The number of carbonyl (C=O) groups is 3. The lowest BCUT2D eigenvalue weighted by Crippen LogP contribution is -2.49. The van der Waals surface area contributed by atoms with E-state index >= 15 is 0 Å². The molecule has 0 saturated carbocycles. The molecular weight excluding hydrogens is 384 g/mol. The van der Waals surface area contributed by atoms with Gasteiger partial charge in [0.2, 0.25) is 11.8 Å². The smallest absolute Gasteiger partial charge is 0.329 e. The lowest BCUT2D eigenvalue weighted by atomic mass is 9.82. The van der Waals surface area contributed by atoms with Crippen molar-refractivity contribution in [3.8, 4) is 0 Å².